The summed E-state index contributed by atoms with van der Waals surface area (Å²) in [5.41, 5.74) is 2.88. The average Bonchev–Trinajstić information content (AvgIpc) is 3.20. The summed E-state index contributed by atoms with van der Waals surface area (Å²) in [5, 5.41) is 4.71. The lowest BCUT2D eigenvalue weighted by Gasteiger charge is -2.29. The molecule has 3 aromatic rings. The number of hydrogen-bond donors (Lipinski definition) is 0. The van der Waals surface area contributed by atoms with Gasteiger partial charge in [0.2, 0.25) is 0 Å². The molecule has 30 heavy (non-hydrogen) atoms. The molecule has 0 N–H and O–H groups in total. The van der Waals surface area contributed by atoms with Crippen LogP contribution in [-0.2, 0) is 6.42 Å². The Morgan fingerprint density at radius 2 is 1.73 bits per heavy atom. The monoisotopic (exact) mass is 478 g/mol. The Balaban J connectivity index is 1.41. The number of hydrogen-bond acceptors (Lipinski definition) is 2. The minimum atomic E-state index is -4.68. The molecule has 0 aliphatic heterocycles. The molecule has 2 aromatic carbocycles. The molecule has 0 radical (unpaired) electrons. The fourth-order valence-electron chi connectivity index (χ4n) is 4.16. The van der Waals surface area contributed by atoms with Gasteiger partial charge in [0.15, 0.2) is 0 Å². The van der Waals surface area contributed by atoms with Crippen LogP contribution in [0.15, 0.2) is 65.3 Å². The smallest absolute Gasteiger partial charge is 0.406 e. The first kappa shape index (κ1) is 21.0. The quantitative estimate of drug-likeness (QED) is 0.388. The van der Waals surface area contributed by atoms with Crippen molar-refractivity contribution in [1.82, 2.24) is 9.78 Å². The Morgan fingerprint density at radius 1 is 1.00 bits per heavy atom. The van der Waals surface area contributed by atoms with Crippen molar-refractivity contribution in [3.63, 3.8) is 0 Å². The van der Waals surface area contributed by atoms with Crippen LogP contribution in [0.1, 0.15) is 37.3 Å². The SMILES string of the molecule is FC(F)(F)Oc1ccc(-c2ccn([C@@H]3CCCC(Cc4ccc(Br)cc4)C3)n2)cc1. The molecule has 4 rings (SSSR count). The van der Waals surface area contributed by atoms with Gasteiger partial charge in [0, 0.05) is 16.2 Å². The third kappa shape index (κ3) is 5.45. The first-order valence-electron chi connectivity index (χ1n) is 10.0. The molecule has 0 spiro atoms. The average molecular weight is 479 g/mol. The molecule has 1 heterocycles. The highest BCUT2D eigenvalue weighted by Crippen LogP contribution is 2.35. The van der Waals surface area contributed by atoms with Crippen molar-refractivity contribution in [1.29, 1.82) is 0 Å². The lowest BCUT2D eigenvalue weighted by molar-refractivity contribution is -0.274. The van der Waals surface area contributed by atoms with Crippen LogP contribution in [0.25, 0.3) is 11.3 Å². The van der Waals surface area contributed by atoms with Gasteiger partial charge in [-0.1, -0.05) is 34.5 Å². The molecular formula is C23H22BrF3N2O. The van der Waals surface area contributed by atoms with Crippen LogP contribution < -0.4 is 4.74 Å². The van der Waals surface area contributed by atoms with Crippen molar-refractivity contribution in [3.05, 3.63) is 70.8 Å². The van der Waals surface area contributed by atoms with E-state index >= 15 is 0 Å². The zero-order valence-corrected chi connectivity index (χ0v) is 17.9. The number of halogens is 4. The second kappa shape index (κ2) is 8.84. The van der Waals surface area contributed by atoms with Crippen LogP contribution in [0.2, 0.25) is 0 Å². The van der Waals surface area contributed by atoms with Crippen LogP contribution >= 0.6 is 15.9 Å². The maximum atomic E-state index is 12.3. The van der Waals surface area contributed by atoms with Gasteiger partial charge >= 0.3 is 6.36 Å². The summed E-state index contributed by atoms with van der Waals surface area (Å²) < 4.78 is 44.0. The molecule has 3 nitrogen and oxygen atoms in total. The summed E-state index contributed by atoms with van der Waals surface area (Å²) in [6, 6.07) is 16.6. The zero-order chi connectivity index (χ0) is 21.1. The van der Waals surface area contributed by atoms with Crippen LogP contribution in [0, 0.1) is 5.92 Å². The summed E-state index contributed by atoms with van der Waals surface area (Å²) >= 11 is 3.48. The summed E-state index contributed by atoms with van der Waals surface area (Å²) in [7, 11) is 0. The third-order valence-electron chi connectivity index (χ3n) is 5.56. The van der Waals surface area contributed by atoms with E-state index in [1.54, 1.807) is 12.1 Å². The zero-order valence-electron chi connectivity index (χ0n) is 16.3. The van der Waals surface area contributed by atoms with E-state index in [1.807, 2.05) is 16.9 Å². The third-order valence-corrected chi connectivity index (χ3v) is 6.09. The second-order valence-corrected chi connectivity index (χ2v) is 8.69. The Labute approximate surface area is 182 Å². The van der Waals surface area contributed by atoms with E-state index in [4.69, 9.17) is 5.10 Å². The number of aromatic nitrogens is 2. The van der Waals surface area contributed by atoms with E-state index in [2.05, 4.69) is 44.9 Å². The van der Waals surface area contributed by atoms with E-state index in [1.165, 1.54) is 30.5 Å². The molecule has 1 unspecified atom stereocenters. The van der Waals surface area contributed by atoms with E-state index < -0.39 is 6.36 Å². The van der Waals surface area contributed by atoms with Gasteiger partial charge < -0.3 is 4.74 Å². The molecule has 0 amide bonds. The number of alkyl halides is 3. The molecule has 1 aliphatic rings. The van der Waals surface area contributed by atoms with Crippen molar-refractivity contribution in [3.8, 4) is 17.0 Å². The fourth-order valence-corrected chi connectivity index (χ4v) is 4.43. The number of ether oxygens (including phenoxy) is 1. The largest absolute Gasteiger partial charge is 0.573 e. The lowest BCUT2D eigenvalue weighted by Crippen LogP contribution is -2.21. The molecule has 1 saturated carbocycles. The highest BCUT2D eigenvalue weighted by molar-refractivity contribution is 9.10. The summed E-state index contributed by atoms with van der Waals surface area (Å²) in [4.78, 5) is 0. The van der Waals surface area contributed by atoms with E-state index in [0.29, 0.717) is 12.0 Å². The van der Waals surface area contributed by atoms with Crippen LogP contribution in [-0.4, -0.2) is 16.1 Å². The minimum Gasteiger partial charge on any atom is -0.406 e. The molecular weight excluding hydrogens is 457 g/mol. The van der Waals surface area contributed by atoms with Crippen LogP contribution in [0.5, 0.6) is 5.75 Å². The first-order chi connectivity index (χ1) is 14.4. The van der Waals surface area contributed by atoms with E-state index in [-0.39, 0.29) is 5.75 Å². The summed E-state index contributed by atoms with van der Waals surface area (Å²) in [5.74, 6) is 0.394. The molecule has 0 saturated heterocycles. The van der Waals surface area contributed by atoms with Gasteiger partial charge in [0.25, 0.3) is 0 Å². The van der Waals surface area contributed by atoms with Crippen molar-refractivity contribution in [2.45, 2.75) is 44.5 Å². The normalized spacial score (nSPS) is 19.6. The van der Waals surface area contributed by atoms with Crippen LogP contribution in [0.4, 0.5) is 13.2 Å². The van der Waals surface area contributed by atoms with Crippen molar-refractivity contribution < 1.29 is 17.9 Å². The van der Waals surface area contributed by atoms with Crippen molar-refractivity contribution >= 4 is 15.9 Å². The highest BCUT2D eigenvalue weighted by Gasteiger charge is 2.31. The molecule has 0 bridgehead atoms. The molecule has 158 valence electrons. The molecule has 2 atom stereocenters. The van der Waals surface area contributed by atoms with E-state index in [9.17, 15) is 13.2 Å². The topological polar surface area (TPSA) is 27.1 Å². The Morgan fingerprint density at radius 3 is 2.43 bits per heavy atom. The van der Waals surface area contributed by atoms with Gasteiger partial charge in [-0.05, 0) is 79.6 Å². The Bertz CT molecular complexity index is 967. The van der Waals surface area contributed by atoms with E-state index in [0.717, 1.165) is 35.0 Å². The maximum absolute atomic E-state index is 12.3. The van der Waals surface area contributed by atoms with Gasteiger partial charge in [-0.15, -0.1) is 13.2 Å². The number of nitrogens with zero attached hydrogens (tertiary/aromatic N) is 2. The summed E-state index contributed by atoms with van der Waals surface area (Å²) in [6.07, 6.45) is 2.93. The molecule has 1 fully saturated rings. The standard InChI is InChI=1S/C23H22BrF3N2O/c24-19-8-4-16(5-9-19)14-17-2-1-3-20(15-17)29-13-12-22(28-29)18-6-10-21(11-7-18)30-23(25,26)27/h4-13,17,20H,1-3,14-15H2/t17?,20-/m1/s1. The predicted molar refractivity (Wildman–Crippen MR) is 113 cm³/mol. The van der Waals surface area contributed by atoms with Gasteiger partial charge in [0.1, 0.15) is 5.75 Å². The van der Waals surface area contributed by atoms with Crippen LogP contribution in [0.3, 0.4) is 0 Å². The van der Waals surface area contributed by atoms with Gasteiger partial charge in [0.05, 0.1) is 11.7 Å². The van der Waals surface area contributed by atoms with Crippen molar-refractivity contribution in [2.75, 3.05) is 0 Å². The van der Waals surface area contributed by atoms with Gasteiger partial charge in [-0.3, -0.25) is 4.68 Å². The first-order valence-corrected chi connectivity index (χ1v) is 10.8. The summed E-state index contributed by atoms with van der Waals surface area (Å²) in [6.45, 7) is 0. The number of rotatable bonds is 5. The lowest BCUT2D eigenvalue weighted by atomic mass is 9.82. The Hall–Kier alpha value is -2.28. The molecule has 1 aliphatic carbocycles. The Kier molecular flexibility index (Phi) is 6.18. The highest BCUT2D eigenvalue weighted by atomic mass is 79.9. The van der Waals surface area contributed by atoms with Crippen molar-refractivity contribution in [2.24, 2.45) is 5.92 Å². The minimum absolute atomic E-state index is 0.228. The fraction of sp³-hybridized carbons (Fsp3) is 0.348. The second-order valence-electron chi connectivity index (χ2n) is 7.77. The van der Waals surface area contributed by atoms with Gasteiger partial charge in [-0.25, -0.2) is 0 Å². The maximum Gasteiger partial charge on any atom is 0.573 e. The predicted octanol–water partition coefficient (Wildman–Crippen LogP) is 7.19. The van der Waals surface area contributed by atoms with Gasteiger partial charge in [-0.2, -0.15) is 5.10 Å². The molecule has 7 heteroatoms. The number of benzene rings is 2. The molecule has 1 aromatic heterocycles.